The lowest BCUT2D eigenvalue weighted by Crippen LogP contribution is -2.32. The van der Waals surface area contributed by atoms with E-state index in [9.17, 15) is 4.79 Å². The van der Waals surface area contributed by atoms with Gasteiger partial charge in [-0.1, -0.05) is 30.4 Å². The van der Waals surface area contributed by atoms with Crippen molar-refractivity contribution in [3.63, 3.8) is 0 Å². The van der Waals surface area contributed by atoms with Gasteiger partial charge in [0.2, 0.25) is 0 Å². The number of aliphatic carboxylic acids is 1. The second-order valence-electron chi connectivity index (χ2n) is 5.39. The van der Waals surface area contributed by atoms with Gasteiger partial charge in [0.15, 0.2) is 0 Å². The van der Waals surface area contributed by atoms with Crippen LogP contribution in [0.15, 0.2) is 29.8 Å². The average molecular weight is 315 g/mol. The molecule has 0 saturated carbocycles. The molecule has 1 aromatic carbocycles. The Kier molecular flexibility index (Phi) is 3.96. The average Bonchev–Trinajstić information content (AvgIpc) is 3.04. The molecule has 1 aliphatic heterocycles. The first-order valence-electron chi connectivity index (χ1n) is 7.13. The lowest BCUT2D eigenvalue weighted by molar-refractivity contribution is -0.138. The fraction of sp³-hybridized carbons (Fsp3) is 0.250. The maximum Gasteiger partial charge on any atom is 0.320 e. The lowest BCUT2D eigenvalue weighted by atomic mass is 10.0. The van der Waals surface area contributed by atoms with E-state index in [1.165, 1.54) is 0 Å². The van der Waals surface area contributed by atoms with Crippen LogP contribution >= 0.6 is 12.2 Å². The Labute approximate surface area is 133 Å². The predicted molar refractivity (Wildman–Crippen MR) is 90.8 cm³/mol. The van der Waals surface area contributed by atoms with Crippen LogP contribution in [0.25, 0.3) is 17.0 Å². The highest BCUT2D eigenvalue weighted by Gasteiger charge is 2.19. The molecule has 5 nitrogen and oxygen atoms in total. The van der Waals surface area contributed by atoms with Crippen LogP contribution in [0.5, 0.6) is 0 Å². The van der Waals surface area contributed by atoms with Gasteiger partial charge in [-0.25, -0.2) is 0 Å². The van der Waals surface area contributed by atoms with Crippen molar-refractivity contribution in [3.8, 4) is 0 Å². The van der Waals surface area contributed by atoms with Crippen molar-refractivity contribution in [2.45, 2.75) is 18.9 Å². The first-order valence-corrected chi connectivity index (χ1v) is 7.54. The summed E-state index contributed by atoms with van der Waals surface area (Å²) in [5, 5.41) is 13.2. The Bertz CT molecular complexity index is 779. The minimum Gasteiger partial charge on any atom is -0.480 e. The number of aromatic amines is 1. The highest BCUT2D eigenvalue weighted by atomic mass is 32.1. The van der Waals surface area contributed by atoms with Crippen molar-refractivity contribution >= 4 is 40.2 Å². The van der Waals surface area contributed by atoms with E-state index in [2.05, 4.69) is 10.3 Å². The van der Waals surface area contributed by atoms with Gasteiger partial charge in [-0.2, -0.15) is 0 Å². The molecular formula is C16H17N3O2S. The molecule has 114 valence electrons. The number of hydrogen-bond donors (Lipinski definition) is 4. The molecule has 3 rings (SSSR count). The first-order chi connectivity index (χ1) is 10.6. The third kappa shape index (κ3) is 2.75. The highest BCUT2D eigenvalue weighted by Crippen LogP contribution is 2.26. The fourth-order valence-corrected chi connectivity index (χ4v) is 2.98. The monoisotopic (exact) mass is 315 g/mol. The Morgan fingerprint density at radius 3 is 2.91 bits per heavy atom. The van der Waals surface area contributed by atoms with E-state index >= 15 is 0 Å². The summed E-state index contributed by atoms with van der Waals surface area (Å²) in [5.41, 5.74) is 9.58. The minimum absolute atomic E-state index is 0.276. The zero-order valence-corrected chi connectivity index (χ0v) is 12.7. The van der Waals surface area contributed by atoms with Gasteiger partial charge < -0.3 is 21.1 Å². The molecule has 1 aliphatic rings. The third-order valence-electron chi connectivity index (χ3n) is 3.88. The van der Waals surface area contributed by atoms with Crippen molar-refractivity contribution < 1.29 is 9.90 Å². The SMILES string of the molecule is N[C@@H](Cc1c(/C=C2/CCNC2=S)[nH]c2ccccc12)C(=O)O. The zero-order valence-electron chi connectivity index (χ0n) is 11.9. The van der Waals surface area contributed by atoms with Gasteiger partial charge in [-0.05, 0) is 29.7 Å². The molecule has 6 heteroatoms. The van der Waals surface area contributed by atoms with Crippen molar-refractivity contribution in [3.05, 3.63) is 41.1 Å². The van der Waals surface area contributed by atoms with E-state index in [4.69, 9.17) is 23.1 Å². The molecule has 0 aliphatic carbocycles. The number of fused-ring (bicyclic) bond motifs is 1. The van der Waals surface area contributed by atoms with Crippen molar-refractivity contribution in [1.82, 2.24) is 10.3 Å². The molecule has 1 fully saturated rings. The van der Waals surface area contributed by atoms with Gasteiger partial charge >= 0.3 is 5.97 Å². The number of para-hydroxylation sites is 1. The number of rotatable bonds is 4. The topological polar surface area (TPSA) is 91.1 Å². The Hall–Kier alpha value is -2.18. The molecule has 5 N–H and O–H groups in total. The molecule has 1 atom stereocenters. The van der Waals surface area contributed by atoms with Crippen LogP contribution in [0.1, 0.15) is 17.7 Å². The number of carbonyl (C=O) groups is 1. The molecule has 0 spiro atoms. The number of benzene rings is 1. The standard InChI is InChI=1S/C16H17N3O2S/c17-12(16(20)21)8-11-10-3-1-2-4-13(10)19-14(11)7-9-5-6-18-15(9)22/h1-4,7,12,19H,5-6,8,17H2,(H,18,22)(H,20,21)/b9-7-/t12-/m0/s1. The van der Waals surface area contributed by atoms with Gasteiger partial charge in [-0.3, -0.25) is 4.79 Å². The third-order valence-corrected chi connectivity index (χ3v) is 4.28. The number of thiocarbonyl (C=S) groups is 1. The molecule has 22 heavy (non-hydrogen) atoms. The summed E-state index contributed by atoms with van der Waals surface area (Å²) in [6, 6.07) is 6.90. The quantitative estimate of drug-likeness (QED) is 0.510. The lowest BCUT2D eigenvalue weighted by Gasteiger charge is -2.07. The molecule has 0 bridgehead atoms. The summed E-state index contributed by atoms with van der Waals surface area (Å²) >= 11 is 5.28. The Balaban J connectivity index is 2.08. The van der Waals surface area contributed by atoms with Gasteiger partial charge in [0.05, 0.1) is 0 Å². The van der Waals surface area contributed by atoms with E-state index in [-0.39, 0.29) is 6.42 Å². The minimum atomic E-state index is -0.998. The summed E-state index contributed by atoms with van der Waals surface area (Å²) in [7, 11) is 0. The van der Waals surface area contributed by atoms with E-state index in [0.717, 1.165) is 45.7 Å². The number of carboxylic acid groups (broad SMARTS) is 1. The van der Waals surface area contributed by atoms with Crippen LogP contribution in [0.2, 0.25) is 0 Å². The molecular weight excluding hydrogens is 298 g/mol. The van der Waals surface area contributed by atoms with Gasteiger partial charge in [0.1, 0.15) is 11.0 Å². The maximum absolute atomic E-state index is 11.1. The molecule has 0 unspecified atom stereocenters. The molecule has 2 aromatic rings. The second-order valence-corrected chi connectivity index (χ2v) is 5.80. The number of hydrogen-bond acceptors (Lipinski definition) is 3. The van der Waals surface area contributed by atoms with Crippen molar-refractivity contribution in [1.29, 1.82) is 0 Å². The summed E-state index contributed by atoms with van der Waals surface area (Å²) in [4.78, 5) is 15.2. The number of nitrogens with one attached hydrogen (secondary N) is 2. The van der Waals surface area contributed by atoms with E-state index in [1.54, 1.807) is 0 Å². The summed E-state index contributed by atoms with van der Waals surface area (Å²) in [5.74, 6) is -0.998. The molecule has 1 aromatic heterocycles. The van der Waals surface area contributed by atoms with Crippen LogP contribution in [0.3, 0.4) is 0 Å². The van der Waals surface area contributed by atoms with Crippen LogP contribution in [0, 0.1) is 0 Å². The molecule has 2 heterocycles. The van der Waals surface area contributed by atoms with Gasteiger partial charge in [0, 0.05) is 29.6 Å². The van der Waals surface area contributed by atoms with Crippen LogP contribution in [-0.4, -0.2) is 33.6 Å². The fourth-order valence-electron chi connectivity index (χ4n) is 2.72. The number of H-pyrrole nitrogens is 1. The summed E-state index contributed by atoms with van der Waals surface area (Å²) in [6.07, 6.45) is 3.16. The van der Waals surface area contributed by atoms with Crippen LogP contribution < -0.4 is 11.1 Å². The number of carboxylic acids is 1. The van der Waals surface area contributed by atoms with Gasteiger partial charge in [0.25, 0.3) is 0 Å². The van der Waals surface area contributed by atoms with E-state index in [0.29, 0.717) is 0 Å². The molecule has 1 saturated heterocycles. The van der Waals surface area contributed by atoms with E-state index < -0.39 is 12.0 Å². The van der Waals surface area contributed by atoms with Crippen molar-refractivity contribution in [2.24, 2.45) is 5.73 Å². The second kappa shape index (κ2) is 5.90. The first kappa shape index (κ1) is 14.7. The number of nitrogens with two attached hydrogens (primary N) is 1. The zero-order chi connectivity index (χ0) is 15.7. The maximum atomic E-state index is 11.1. The molecule has 0 amide bonds. The smallest absolute Gasteiger partial charge is 0.320 e. The van der Waals surface area contributed by atoms with Crippen LogP contribution in [-0.2, 0) is 11.2 Å². The molecule has 0 radical (unpaired) electrons. The van der Waals surface area contributed by atoms with E-state index in [1.807, 2.05) is 30.3 Å². The van der Waals surface area contributed by atoms with Crippen LogP contribution in [0.4, 0.5) is 0 Å². The summed E-state index contributed by atoms with van der Waals surface area (Å²) < 4.78 is 0. The predicted octanol–water partition coefficient (Wildman–Crippen LogP) is 1.83. The van der Waals surface area contributed by atoms with Crippen molar-refractivity contribution in [2.75, 3.05) is 6.54 Å². The van der Waals surface area contributed by atoms with Gasteiger partial charge in [-0.15, -0.1) is 0 Å². The Morgan fingerprint density at radius 1 is 1.45 bits per heavy atom. The number of aromatic nitrogens is 1. The largest absolute Gasteiger partial charge is 0.480 e. The normalized spacial score (nSPS) is 17.9. The highest BCUT2D eigenvalue weighted by molar-refractivity contribution is 7.80. The summed E-state index contributed by atoms with van der Waals surface area (Å²) in [6.45, 7) is 0.842. The Morgan fingerprint density at radius 2 is 2.23 bits per heavy atom.